The van der Waals surface area contributed by atoms with E-state index in [1.54, 1.807) is 7.11 Å². The van der Waals surface area contributed by atoms with E-state index in [0.29, 0.717) is 23.7 Å². The molecule has 5 heteroatoms. The summed E-state index contributed by atoms with van der Waals surface area (Å²) in [6.07, 6.45) is 2.74. The Morgan fingerprint density at radius 2 is 1.74 bits per heavy atom. The molecule has 4 aromatic carbocycles. The van der Waals surface area contributed by atoms with Crippen LogP contribution < -0.4 is 4.74 Å². The highest BCUT2D eigenvalue weighted by Crippen LogP contribution is 2.25. The van der Waals surface area contributed by atoms with E-state index < -0.39 is 0 Å². The highest BCUT2D eigenvalue weighted by Gasteiger charge is 2.19. The summed E-state index contributed by atoms with van der Waals surface area (Å²) in [5.74, 6) is 0.836. The Hall–Kier alpha value is -3.76. The summed E-state index contributed by atoms with van der Waals surface area (Å²) in [5, 5.41) is 3.82. The van der Waals surface area contributed by atoms with Gasteiger partial charge in [0.15, 0.2) is 0 Å². The van der Waals surface area contributed by atoms with Gasteiger partial charge in [0.2, 0.25) is 0 Å². The van der Waals surface area contributed by atoms with Crippen molar-refractivity contribution in [3.05, 3.63) is 113 Å². The molecule has 0 saturated heterocycles. The molecule has 0 atom stereocenters. The monoisotopic (exact) mass is 468 g/mol. The van der Waals surface area contributed by atoms with Crippen LogP contribution in [0.2, 0.25) is 5.02 Å². The molecular formula is C29H25ClN2O2. The van der Waals surface area contributed by atoms with E-state index in [1.807, 2.05) is 96.0 Å². The van der Waals surface area contributed by atoms with Gasteiger partial charge in [-0.05, 0) is 64.7 Å². The van der Waals surface area contributed by atoms with Crippen molar-refractivity contribution < 1.29 is 9.53 Å². The molecule has 0 fully saturated rings. The van der Waals surface area contributed by atoms with Gasteiger partial charge in [-0.2, -0.15) is 0 Å². The minimum Gasteiger partial charge on any atom is -0.497 e. The SMILES string of the molecule is COc1ccc2[nH]cc(CCN(Cc3ccc(Cl)cc3)C(=O)c3cccc4ccccc34)c2c1. The normalized spacial score (nSPS) is 11.1. The number of nitrogens with one attached hydrogen (secondary N) is 1. The van der Waals surface area contributed by atoms with Gasteiger partial charge in [0, 0.05) is 40.8 Å². The number of aromatic nitrogens is 1. The first-order valence-corrected chi connectivity index (χ1v) is 11.7. The van der Waals surface area contributed by atoms with E-state index in [-0.39, 0.29) is 5.91 Å². The van der Waals surface area contributed by atoms with E-state index >= 15 is 0 Å². The second kappa shape index (κ2) is 9.62. The number of hydrogen-bond donors (Lipinski definition) is 1. The van der Waals surface area contributed by atoms with Crippen molar-refractivity contribution in [1.29, 1.82) is 0 Å². The third-order valence-corrected chi connectivity index (χ3v) is 6.47. The van der Waals surface area contributed by atoms with E-state index in [0.717, 1.165) is 45.0 Å². The number of halogens is 1. The number of rotatable bonds is 7. The van der Waals surface area contributed by atoms with Gasteiger partial charge in [-0.3, -0.25) is 4.79 Å². The van der Waals surface area contributed by atoms with Crippen LogP contribution in [0.3, 0.4) is 0 Å². The first kappa shape index (κ1) is 22.1. The summed E-state index contributed by atoms with van der Waals surface area (Å²) in [5.41, 5.74) is 3.97. The number of amides is 1. The molecule has 0 aliphatic carbocycles. The molecule has 1 heterocycles. The number of nitrogens with zero attached hydrogens (tertiary/aromatic N) is 1. The molecule has 0 spiro atoms. The van der Waals surface area contributed by atoms with Crippen LogP contribution in [0.4, 0.5) is 0 Å². The number of H-pyrrole nitrogens is 1. The number of ether oxygens (including phenoxy) is 1. The van der Waals surface area contributed by atoms with Crippen molar-refractivity contribution >= 4 is 39.2 Å². The lowest BCUT2D eigenvalue weighted by molar-refractivity contribution is 0.0747. The van der Waals surface area contributed by atoms with Gasteiger partial charge >= 0.3 is 0 Å². The predicted octanol–water partition coefficient (Wildman–Crippen LogP) is 6.87. The highest BCUT2D eigenvalue weighted by molar-refractivity contribution is 6.30. The third-order valence-electron chi connectivity index (χ3n) is 6.22. The Bertz CT molecular complexity index is 1450. The standard InChI is InChI=1S/C29H25ClN2O2/c1-34-24-13-14-28-27(17-24)22(18-31-28)15-16-32(19-20-9-11-23(30)12-10-20)29(33)26-8-4-6-21-5-2-3-7-25(21)26/h2-14,17-18,31H,15-16,19H2,1H3. The Kier molecular flexibility index (Phi) is 6.24. The number of carbonyl (C=O) groups excluding carboxylic acids is 1. The Morgan fingerprint density at radius 1 is 0.941 bits per heavy atom. The van der Waals surface area contributed by atoms with Crippen LogP contribution in [0, 0.1) is 0 Å². The predicted molar refractivity (Wildman–Crippen MR) is 139 cm³/mol. The molecule has 170 valence electrons. The zero-order valence-corrected chi connectivity index (χ0v) is 19.7. The summed E-state index contributed by atoms with van der Waals surface area (Å²) < 4.78 is 5.41. The number of hydrogen-bond acceptors (Lipinski definition) is 2. The number of benzene rings is 4. The average molecular weight is 469 g/mol. The fourth-order valence-corrected chi connectivity index (χ4v) is 4.52. The largest absolute Gasteiger partial charge is 0.497 e. The number of methoxy groups -OCH3 is 1. The molecule has 0 aliphatic heterocycles. The first-order chi connectivity index (χ1) is 16.6. The minimum atomic E-state index is 0.0178. The molecule has 0 aliphatic rings. The minimum absolute atomic E-state index is 0.0178. The molecule has 0 radical (unpaired) electrons. The van der Waals surface area contributed by atoms with Gasteiger partial charge in [0.05, 0.1) is 7.11 Å². The Labute approximate surface area is 203 Å². The van der Waals surface area contributed by atoms with Crippen LogP contribution in [-0.2, 0) is 13.0 Å². The smallest absolute Gasteiger partial charge is 0.254 e. The summed E-state index contributed by atoms with van der Waals surface area (Å²) in [6.45, 7) is 1.08. The Balaban J connectivity index is 1.47. The van der Waals surface area contributed by atoms with Gasteiger partial charge in [0.25, 0.3) is 5.91 Å². The number of carbonyl (C=O) groups is 1. The Morgan fingerprint density at radius 3 is 2.56 bits per heavy atom. The van der Waals surface area contributed by atoms with E-state index in [9.17, 15) is 4.79 Å². The second-order valence-electron chi connectivity index (χ2n) is 8.36. The maximum absolute atomic E-state index is 13.8. The molecule has 1 aromatic heterocycles. The van der Waals surface area contributed by atoms with Crippen LogP contribution in [0.1, 0.15) is 21.5 Å². The molecule has 1 amide bonds. The van der Waals surface area contributed by atoms with E-state index in [2.05, 4.69) is 4.98 Å². The van der Waals surface area contributed by atoms with Gasteiger partial charge in [-0.15, -0.1) is 0 Å². The zero-order chi connectivity index (χ0) is 23.5. The van der Waals surface area contributed by atoms with Crippen molar-refractivity contribution in [2.24, 2.45) is 0 Å². The van der Waals surface area contributed by atoms with E-state index in [1.165, 1.54) is 0 Å². The molecule has 0 saturated carbocycles. The van der Waals surface area contributed by atoms with Gasteiger partial charge in [-0.25, -0.2) is 0 Å². The fraction of sp³-hybridized carbons (Fsp3) is 0.138. The third kappa shape index (κ3) is 4.50. The summed E-state index contributed by atoms with van der Waals surface area (Å²) in [6, 6.07) is 27.6. The maximum atomic E-state index is 13.8. The summed E-state index contributed by atoms with van der Waals surface area (Å²) in [7, 11) is 1.67. The number of fused-ring (bicyclic) bond motifs is 2. The first-order valence-electron chi connectivity index (χ1n) is 11.3. The van der Waals surface area contributed by atoms with Gasteiger partial charge in [-0.1, -0.05) is 60.1 Å². The van der Waals surface area contributed by atoms with Crippen molar-refractivity contribution in [2.45, 2.75) is 13.0 Å². The zero-order valence-electron chi connectivity index (χ0n) is 18.9. The second-order valence-corrected chi connectivity index (χ2v) is 8.79. The number of aromatic amines is 1. The van der Waals surface area contributed by atoms with Gasteiger partial charge in [0.1, 0.15) is 5.75 Å². The van der Waals surface area contributed by atoms with Crippen molar-refractivity contribution in [3.63, 3.8) is 0 Å². The topological polar surface area (TPSA) is 45.3 Å². The molecule has 0 unspecified atom stereocenters. The lowest BCUT2D eigenvalue weighted by atomic mass is 10.0. The average Bonchev–Trinajstić information content (AvgIpc) is 3.29. The maximum Gasteiger partial charge on any atom is 0.254 e. The molecular weight excluding hydrogens is 444 g/mol. The van der Waals surface area contributed by atoms with Crippen LogP contribution in [0.15, 0.2) is 91.1 Å². The summed E-state index contributed by atoms with van der Waals surface area (Å²) in [4.78, 5) is 19.1. The molecule has 5 rings (SSSR count). The molecule has 5 aromatic rings. The highest BCUT2D eigenvalue weighted by atomic mass is 35.5. The van der Waals surface area contributed by atoms with Crippen LogP contribution in [0.25, 0.3) is 21.7 Å². The fourth-order valence-electron chi connectivity index (χ4n) is 4.39. The molecule has 4 nitrogen and oxygen atoms in total. The van der Waals surface area contributed by atoms with Crippen molar-refractivity contribution in [1.82, 2.24) is 9.88 Å². The molecule has 34 heavy (non-hydrogen) atoms. The van der Waals surface area contributed by atoms with Gasteiger partial charge < -0.3 is 14.6 Å². The van der Waals surface area contributed by atoms with Crippen LogP contribution >= 0.6 is 11.6 Å². The quantitative estimate of drug-likeness (QED) is 0.283. The van der Waals surface area contributed by atoms with Crippen molar-refractivity contribution in [2.75, 3.05) is 13.7 Å². The lowest BCUT2D eigenvalue weighted by Gasteiger charge is -2.24. The molecule has 0 bridgehead atoms. The summed E-state index contributed by atoms with van der Waals surface area (Å²) >= 11 is 6.09. The van der Waals surface area contributed by atoms with Crippen LogP contribution in [0.5, 0.6) is 5.75 Å². The van der Waals surface area contributed by atoms with E-state index in [4.69, 9.17) is 16.3 Å². The van der Waals surface area contributed by atoms with Crippen molar-refractivity contribution in [3.8, 4) is 5.75 Å². The lowest BCUT2D eigenvalue weighted by Crippen LogP contribution is -2.32. The van der Waals surface area contributed by atoms with Crippen LogP contribution in [-0.4, -0.2) is 29.4 Å². The molecule has 1 N–H and O–H groups in total.